The summed E-state index contributed by atoms with van der Waals surface area (Å²) in [5.74, 6) is -0.327. The molecule has 0 atom stereocenters. The SMILES string of the molecule is Cc1c(-c2ccccc2)oc2c(C(=O)NCCCN3CCN(c4ccccc4OS(=O)(=O)C(F)(F)F)CC3)cccc2c1=O.Cl. The van der Waals surface area contributed by atoms with E-state index in [9.17, 15) is 31.2 Å². The number of para-hydroxylation sites is 3. The molecule has 1 saturated heterocycles. The third-order valence-electron chi connectivity index (χ3n) is 7.42. The van der Waals surface area contributed by atoms with E-state index < -0.39 is 15.6 Å². The number of rotatable bonds is 9. The third-order valence-corrected chi connectivity index (χ3v) is 8.39. The lowest BCUT2D eigenvalue weighted by atomic mass is 10.0. The molecule has 4 aromatic rings. The maximum Gasteiger partial charge on any atom is 0.534 e. The van der Waals surface area contributed by atoms with Crippen LogP contribution < -0.4 is 19.8 Å². The van der Waals surface area contributed by atoms with Crippen LogP contribution in [0.4, 0.5) is 18.9 Å². The minimum absolute atomic E-state index is 0. The molecule has 0 saturated carbocycles. The Morgan fingerprint density at radius 2 is 1.62 bits per heavy atom. The second-order valence-electron chi connectivity index (χ2n) is 10.3. The van der Waals surface area contributed by atoms with Crippen LogP contribution in [0.1, 0.15) is 22.3 Å². The van der Waals surface area contributed by atoms with Gasteiger partial charge in [-0.3, -0.25) is 14.5 Å². The Kier molecular flexibility index (Phi) is 10.5. The Morgan fingerprint density at radius 1 is 0.956 bits per heavy atom. The van der Waals surface area contributed by atoms with E-state index >= 15 is 0 Å². The second kappa shape index (κ2) is 13.9. The molecule has 2 heterocycles. The molecule has 0 spiro atoms. The molecule has 0 bridgehead atoms. The van der Waals surface area contributed by atoms with Crippen molar-refractivity contribution in [3.05, 3.63) is 94.1 Å². The van der Waals surface area contributed by atoms with E-state index in [-0.39, 0.29) is 46.3 Å². The highest BCUT2D eigenvalue weighted by Crippen LogP contribution is 2.34. The molecule has 9 nitrogen and oxygen atoms in total. The fourth-order valence-electron chi connectivity index (χ4n) is 5.12. The monoisotopic (exact) mass is 665 g/mol. The van der Waals surface area contributed by atoms with Crippen LogP contribution in [0.25, 0.3) is 22.3 Å². The Bertz CT molecular complexity index is 1830. The molecule has 1 aliphatic heterocycles. The van der Waals surface area contributed by atoms with Gasteiger partial charge >= 0.3 is 15.6 Å². The van der Waals surface area contributed by atoms with Crippen molar-refractivity contribution in [1.29, 1.82) is 0 Å². The van der Waals surface area contributed by atoms with Crippen LogP contribution in [0.2, 0.25) is 0 Å². The van der Waals surface area contributed by atoms with Gasteiger partial charge in [-0.05, 0) is 44.2 Å². The number of halogens is 4. The van der Waals surface area contributed by atoms with Gasteiger partial charge in [0, 0.05) is 43.9 Å². The van der Waals surface area contributed by atoms with E-state index in [1.165, 1.54) is 18.2 Å². The lowest BCUT2D eigenvalue weighted by Gasteiger charge is -2.36. The van der Waals surface area contributed by atoms with Crippen LogP contribution in [0.15, 0.2) is 82.0 Å². The van der Waals surface area contributed by atoms with E-state index in [1.54, 1.807) is 36.1 Å². The van der Waals surface area contributed by atoms with Crippen molar-refractivity contribution >= 4 is 45.1 Å². The summed E-state index contributed by atoms with van der Waals surface area (Å²) in [4.78, 5) is 30.1. The van der Waals surface area contributed by atoms with Gasteiger partial charge in [-0.25, -0.2) is 0 Å². The van der Waals surface area contributed by atoms with Crippen molar-refractivity contribution in [2.24, 2.45) is 0 Å². The van der Waals surface area contributed by atoms with E-state index in [4.69, 9.17) is 4.42 Å². The first-order chi connectivity index (χ1) is 21.0. The van der Waals surface area contributed by atoms with Crippen molar-refractivity contribution < 1.29 is 35.0 Å². The number of alkyl halides is 3. The van der Waals surface area contributed by atoms with E-state index in [0.29, 0.717) is 62.4 Å². The van der Waals surface area contributed by atoms with Crippen LogP contribution in [-0.4, -0.2) is 64.0 Å². The van der Waals surface area contributed by atoms with Gasteiger partial charge in [-0.1, -0.05) is 48.5 Å². The molecule has 1 amide bonds. The van der Waals surface area contributed by atoms with E-state index in [0.717, 1.165) is 5.56 Å². The summed E-state index contributed by atoms with van der Waals surface area (Å²) < 4.78 is 72.1. The van der Waals surface area contributed by atoms with Crippen LogP contribution >= 0.6 is 12.4 Å². The molecule has 1 aliphatic rings. The number of carbonyl (C=O) groups is 1. The molecule has 1 N–H and O–H groups in total. The Morgan fingerprint density at radius 3 is 2.31 bits per heavy atom. The number of anilines is 1. The zero-order chi connectivity index (χ0) is 31.5. The molecule has 14 heteroatoms. The number of hydrogen-bond acceptors (Lipinski definition) is 8. The largest absolute Gasteiger partial charge is 0.534 e. The highest BCUT2D eigenvalue weighted by molar-refractivity contribution is 7.88. The average Bonchev–Trinajstić information content (AvgIpc) is 3.01. The maximum absolute atomic E-state index is 13.1. The van der Waals surface area contributed by atoms with Gasteiger partial charge in [0.05, 0.1) is 16.6 Å². The standard InChI is InChI=1S/C31H30F3N3O6S.ClH/c1-21-27(38)23-11-7-12-24(29(23)42-28(21)22-9-3-2-4-10-22)30(39)35-15-8-16-36-17-19-37(20-18-36)25-13-5-6-14-26(25)43-44(40,41)31(32,33)34;/h2-7,9-14H,8,15-20H2,1H3,(H,35,39);1H. The number of nitrogens with zero attached hydrogens (tertiary/aromatic N) is 2. The normalized spacial score (nSPS) is 14.2. The van der Waals surface area contributed by atoms with E-state index in [1.807, 2.05) is 30.3 Å². The highest BCUT2D eigenvalue weighted by Gasteiger charge is 2.49. The van der Waals surface area contributed by atoms with E-state index in [2.05, 4.69) is 14.4 Å². The summed E-state index contributed by atoms with van der Waals surface area (Å²) in [6, 6.07) is 19.8. The summed E-state index contributed by atoms with van der Waals surface area (Å²) in [6.07, 6.45) is 0.623. The average molecular weight is 666 g/mol. The van der Waals surface area contributed by atoms with Crippen LogP contribution in [0, 0.1) is 6.92 Å². The van der Waals surface area contributed by atoms with Crippen molar-refractivity contribution in [2.45, 2.75) is 18.9 Å². The molecule has 5 rings (SSSR count). The quantitative estimate of drug-likeness (QED) is 0.145. The van der Waals surface area contributed by atoms with Crippen LogP contribution in [0.5, 0.6) is 5.75 Å². The summed E-state index contributed by atoms with van der Waals surface area (Å²) in [5.41, 5.74) is -3.78. The molecular formula is C31H31ClF3N3O6S. The number of piperazine rings is 1. The van der Waals surface area contributed by atoms with Crippen LogP contribution in [-0.2, 0) is 10.1 Å². The fourth-order valence-corrected chi connectivity index (χ4v) is 5.59. The number of fused-ring (bicyclic) bond motifs is 1. The van der Waals surface area contributed by atoms with Crippen molar-refractivity contribution in [3.8, 4) is 17.1 Å². The highest BCUT2D eigenvalue weighted by atomic mass is 35.5. The van der Waals surface area contributed by atoms with Crippen LogP contribution in [0.3, 0.4) is 0 Å². The number of hydrogen-bond donors (Lipinski definition) is 1. The molecule has 1 aromatic heterocycles. The molecule has 0 unspecified atom stereocenters. The third kappa shape index (κ3) is 7.43. The summed E-state index contributed by atoms with van der Waals surface area (Å²) in [5, 5.41) is 3.23. The maximum atomic E-state index is 13.1. The lowest BCUT2D eigenvalue weighted by molar-refractivity contribution is -0.0499. The minimum Gasteiger partial charge on any atom is -0.455 e. The van der Waals surface area contributed by atoms with Crippen molar-refractivity contribution in [3.63, 3.8) is 0 Å². The second-order valence-corrected chi connectivity index (χ2v) is 11.9. The molecular weight excluding hydrogens is 635 g/mol. The summed E-state index contributed by atoms with van der Waals surface area (Å²) >= 11 is 0. The zero-order valence-corrected chi connectivity index (χ0v) is 25.8. The van der Waals surface area contributed by atoms with Gasteiger partial charge in [-0.15, -0.1) is 12.4 Å². The first-order valence-corrected chi connectivity index (χ1v) is 15.3. The van der Waals surface area contributed by atoms with Crippen molar-refractivity contribution in [2.75, 3.05) is 44.2 Å². The zero-order valence-electron chi connectivity index (χ0n) is 24.2. The van der Waals surface area contributed by atoms with Gasteiger partial charge < -0.3 is 18.8 Å². The molecule has 1 fully saturated rings. The Balaban J connectivity index is 0.00000461. The Labute approximate surface area is 264 Å². The topological polar surface area (TPSA) is 109 Å². The smallest absolute Gasteiger partial charge is 0.455 e. The first kappa shape index (κ1) is 33.8. The number of nitrogens with one attached hydrogen (secondary N) is 1. The minimum atomic E-state index is -5.79. The van der Waals surface area contributed by atoms with Gasteiger partial charge in [-0.2, -0.15) is 21.6 Å². The van der Waals surface area contributed by atoms with Gasteiger partial charge in [0.1, 0.15) is 5.76 Å². The fraction of sp³-hybridized carbons (Fsp3) is 0.290. The molecule has 3 aromatic carbocycles. The molecule has 0 radical (unpaired) electrons. The number of carbonyl (C=O) groups excluding carboxylic acids is 1. The van der Waals surface area contributed by atoms with Gasteiger partial charge in [0.25, 0.3) is 5.91 Å². The predicted octanol–water partition coefficient (Wildman–Crippen LogP) is 5.36. The summed E-state index contributed by atoms with van der Waals surface area (Å²) in [7, 11) is -5.79. The number of amides is 1. The Hall–Kier alpha value is -4.07. The summed E-state index contributed by atoms with van der Waals surface area (Å²) in [6.45, 7) is 4.74. The van der Waals surface area contributed by atoms with Gasteiger partial charge in [0.2, 0.25) is 0 Å². The van der Waals surface area contributed by atoms with Crippen molar-refractivity contribution in [1.82, 2.24) is 10.2 Å². The number of benzene rings is 3. The molecule has 0 aliphatic carbocycles. The first-order valence-electron chi connectivity index (χ1n) is 13.9. The van der Waals surface area contributed by atoms with Gasteiger partial charge in [0.15, 0.2) is 16.8 Å². The molecule has 45 heavy (non-hydrogen) atoms. The molecule has 240 valence electrons. The lowest BCUT2D eigenvalue weighted by Crippen LogP contribution is -2.47. The predicted molar refractivity (Wildman–Crippen MR) is 168 cm³/mol.